The molecule has 0 amide bonds. The number of benzene rings is 2. The second kappa shape index (κ2) is 6.44. The molecule has 0 bridgehead atoms. The summed E-state index contributed by atoms with van der Waals surface area (Å²) >= 11 is 0. The molecule has 0 saturated carbocycles. The minimum atomic E-state index is -0.0632. The number of para-hydroxylation sites is 1. The van der Waals surface area contributed by atoms with Gasteiger partial charge < -0.3 is 0 Å². The molecule has 5 nitrogen and oxygen atoms in total. The van der Waals surface area contributed by atoms with E-state index in [0.29, 0.717) is 23.4 Å². The molecule has 116 valence electrons. The third-order valence-corrected chi connectivity index (χ3v) is 3.73. The number of hydrazone groups is 1. The molecule has 0 radical (unpaired) electrons. The first-order valence-electron chi connectivity index (χ1n) is 7.55. The summed E-state index contributed by atoms with van der Waals surface area (Å²) < 4.78 is 1.58. The highest BCUT2D eigenvalue weighted by atomic mass is 16.1. The van der Waals surface area contributed by atoms with Gasteiger partial charge in [0.25, 0.3) is 5.56 Å². The smallest absolute Gasteiger partial charge is 0.262 e. The Morgan fingerprint density at radius 2 is 1.91 bits per heavy atom. The van der Waals surface area contributed by atoms with Crippen LogP contribution in [0.1, 0.15) is 18.1 Å². The van der Waals surface area contributed by atoms with Gasteiger partial charge in [0.15, 0.2) is 0 Å². The third-order valence-electron chi connectivity index (χ3n) is 3.73. The molecule has 1 heterocycles. The number of fused-ring (bicyclic) bond motifs is 1. The van der Waals surface area contributed by atoms with Gasteiger partial charge in [0, 0.05) is 6.54 Å². The zero-order valence-electron chi connectivity index (χ0n) is 13.2. The molecule has 1 N–H and O–H groups in total. The molecule has 0 saturated heterocycles. The van der Waals surface area contributed by atoms with Crippen molar-refractivity contribution in [1.29, 1.82) is 0 Å². The van der Waals surface area contributed by atoms with E-state index >= 15 is 0 Å². The zero-order valence-corrected chi connectivity index (χ0v) is 13.2. The minimum absolute atomic E-state index is 0.0632. The van der Waals surface area contributed by atoms with E-state index in [2.05, 4.69) is 15.5 Å². The lowest BCUT2D eigenvalue weighted by Crippen LogP contribution is -2.23. The Balaban J connectivity index is 1.97. The summed E-state index contributed by atoms with van der Waals surface area (Å²) in [5, 5.41) is 4.85. The highest BCUT2D eigenvalue weighted by Gasteiger charge is 2.08. The Hall–Kier alpha value is -2.95. The first-order chi connectivity index (χ1) is 11.2. The maximum atomic E-state index is 12.5. The van der Waals surface area contributed by atoms with Crippen molar-refractivity contribution in [2.45, 2.75) is 20.4 Å². The van der Waals surface area contributed by atoms with Gasteiger partial charge in [-0.25, -0.2) is 10.4 Å². The van der Waals surface area contributed by atoms with Crippen LogP contribution in [0.5, 0.6) is 0 Å². The van der Waals surface area contributed by atoms with Crippen LogP contribution >= 0.6 is 0 Å². The first-order valence-corrected chi connectivity index (χ1v) is 7.55. The lowest BCUT2D eigenvalue weighted by molar-refractivity contribution is 0.724. The van der Waals surface area contributed by atoms with E-state index in [0.717, 1.165) is 11.1 Å². The Kier molecular flexibility index (Phi) is 4.19. The molecule has 3 aromatic rings. The van der Waals surface area contributed by atoms with E-state index in [4.69, 9.17) is 0 Å². The summed E-state index contributed by atoms with van der Waals surface area (Å²) in [6.45, 7) is 4.46. The fraction of sp³-hybridized carbons (Fsp3) is 0.167. The van der Waals surface area contributed by atoms with Crippen molar-refractivity contribution < 1.29 is 0 Å². The van der Waals surface area contributed by atoms with Crippen LogP contribution in [0, 0.1) is 6.92 Å². The van der Waals surface area contributed by atoms with E-state index < -0.39 is 0 Å². The van der Waals surface area contributed by atoms with Crippen LogP contribution in [0.3, 0.4) is 0 Å². The fourth-order valence-electron chi connectivity index (χ4n) is 2.44. The monoisotopic (exact) mass is 306 g/mol. The van der Waals surface area contributed by atoms with Gasteiger partial charge >= 0.3 is 0 Å². The van der Waals surface area contributed by atoms with Crippen molar-refractivity contribution in [3.05, 3.63) is 70.0 Å². The SMILES string of the molecule is CCn1c(N/N=C\c2ccccc2C)nc2ccccc2c1=O. The Morgan fingerprint density at radius 3 is 2.70 bits per heavy atom. The lowest BCUT2D eigenvalue weighted by Gasteiger charge is -2.10. The molecule has 0 fully saturated rings. The summed E-state index contributed by atoms with van der Waals surface area (Å²) in [6.07, 6.45) is 1.73. The Labute approximate surface area is 134 Å². The second-order valence-corrected chi connectivity index (χ2v) is 5.23. The van der Waals surface area contributed by atoms with Gasteiger partial charge in [-0.15, -0.1) is 0 Å². The van der Waals surface area contributed by atoms with Crippen LogP contribution in [-0.2, 0) is 6.54 Å². The van der Waals surface area contributed by atoms with Gasteiger partial charge in [-0.2, -0.15) is 5.10 Å². The lowest BCUT2D eigenvalue weighted by atomic mass is 10.1. The van der Waals surface area contributed by atoms with Crippen LogP contribution < -0.4 is 11.0 Å². The number of aryl methyl sites for hydroxylation is 1. The summed E-state index contributed by atoms with van der Waals surface area (Å²) in [5.74, 6) is 0.445. The molecular weight excluding hydrogens is 288 g/mol. The van der Waals surface area contributed by atoms with Crippen LogP contribution in [0.2, 0.25) is 0 Å². The van der Waals surface area contributed by atoms with E-state index in [1.807, 2.05) is 56.3 Å². The number of nitrogens with one attached hydrogen (secondary N) is 1. The van der Waals surface area contributed by atoms with Gasteiger partial charge in [-0.3, -0.25) is 9.36 Å². The number of hydrogen-bond donors (Lipinski definition) is 1. The van der Waals surface area contributed by atoms with Crippen LogP contribution in [0.25, 0.3) is 10.9 Å². The van der Waals surface area contributed by atoms with Crippen LogP contribution in [-0.4, -0.2) is 15.8 Å². The molecule has 0 aliphatic carbocycles. The maximum Gasteiger partial charge on any atom is 0.262 e. The predicted molar refractivity (Wildman–Crippen MR) is 94.1 cm³/mol. The number of nitrogens with zero attached hydrogens (tertiary/aromatic N) is 3. The molecule has 23 heavy (non-hydrogen) atoms. The molecule has 0 atom stereocenters. The third kappa shape index (κ3) is 2.99. The Bertz CT molecular complexity index is 928. The molecule has 0 aliphatic heterocycles. The predicted octanol–water partition coefficient (Wildman–Crippen LogP) is 3.17. The number of anilines is 1. The normalized spacial score (nSPS) is 11.2. The van der Waals surface area contributed by atoms with Crippen molar-refractivity contribution in [1.82, 2.24) is 9.55 Å². The van der Waals surface area contributed by atoms with E-state index in [-0.39, 0.29) is 5.56 Å². The molecule has 5 heteroatoms. The van der Waals surface area contributed by atoms with Crippen molar-refractivity contribution >= 4 is 23.1 Å². The van der Waals surface area contributed by atoms with E-state index in [9.17, 15) is 4.79 Å². The Morgan fingerprint density at radius 1 is 1.17 bits per heavy atom. The number of hydrogen-bond acceptors (Lipinski definition) is 4. The largest absolute Gasteiger partial charge is 0.277 e. The van der Waals surface area contributed by atoms with Gasteiger partial charge in [0.1, 0.15) is 0 Å². The molecule has 0 unspecified atom stereocenters. The molecular formula is C18H18N4O. The van der Waals surface area contributed by atoms with Gasteiger partial charge in [-0.05, 0) is 37.1 Å². The highest BCUT2D eigenvalue weighted by Crippen LogP contribution is 2.11. The van der Waals surface area contributed by atoms with Crippen molar-refractivity contribution in [2.24, 2.45) is 5.10 Å². The van der Waals surface area contributed by atoms with Gasteiger partial charge in [0.2, 0.25) is 5.95 Å². The molecule has 3 rings (SSSR count). The van der Waals surface area contributed by atoms with Crippen LogP contribution in [0.15, 0.2) is 58.4 Å². The summed E-state index contributed by atoms with van der Waals surface area (Å²) in [6, 6.07) is 15.3. The topological polar surface area (TPSA) is 59.3 Å². The van der Waals surface area contributed by atoms with E-state index in [1.54, 1.807) is 16.8 Å². The molecule has 0 spiro atoms. The summed E-state index contributed by atoms with van der Waals surface area (Å²) in [5.41, 5.74) is 5.65. The summed E-state index contributed by atoms with van der Waals surface area (Å²) in [7, 11) is 0. The maximum absolute atomic E-state index is 12.5. The second-order valence-electron chi connectivity index (χ2n) is 5.23. The fourth-order valence-corrected chi connectivity index (χ4v) is 2.44. The molecule has 2 aromatic carbocycles. The average Bonchev–Trinajstić information content (AvgIpc) is 2.57. The molecule has 1 aromatic heterocycles. The van der Waals surface area contributed by atoms with Gasteiger partial charge in [0.05, 0.1) is 17.1 Å². The van der Waals surface area contributed by atoms with E-state index in [1.165, 1.54) is 0 Å². The van der Waals surface area contributed by atoms with Gasteiger partial charge in [-0.1, -0.05) is 36.4 Å². The quantitative estimate of drug-likeness (QED) is 0.595. The summed E-state index contributed by atoms with van der Waals surface area (Å²) in [4.78, 5) is 17.0. The number of rotatable bonds is 4. The van der Waals surface area contributed by atoms with Crippen molar-refractivity contribution in [3.8, 4) is 0 Å². The van der Waals surface area contributed by atoms with Crippen LogP contribution in [0.4, 0.5) is 5.95 Å². The standard InChI is InChI=1S/C18H18N4O/c1-3-22-17(23)15-10-6-7-11-16(15)20-18(22)21-19-12-14-9-5-4-8-13(14)2/h4-12H,3H2,1-2H3,(H,20,21)/b19-12-. The zero-order chi connectivity index (χ0) is 16.2. The molecule has 0 aliphatic rings. The highest BCUT2D eigenvalue weighted by molar-refractivity contribution is 5.82. The van der Waals surface area contributed by atoms with Crippen molar-refractivity contribution in [2.75, 3.05) is 5.43 Å². The minimum Gasteiger partial charge on any atom is -0.277 e. The van der Waals surface area contributed by atoms with Crippen molar-refractivity contribution in [3.63, 3.8) is 0 Å². The first kappa shape index (κ1) is 15.0. The average molecular weight is 306 g/mol. The number of aromatic nitrogens is 2.